The van der Waals surface area contributed by atoms with E-state index >= 15 is 0 Å². The van der Waals surface area contributed by atoms with Crippen molar-refractivity contribution in [2.45, 2.75) is 6.43 Å². The molecule has 2 nitrogen and oxygen atoms in total. The van der Waals surface area contributed by atoms with Crippen molar-refractivity contribution in [3.63, 3.8) is 0 Å². The second-order valence-corrected chi connectivity index (χ2v) is 2.54. The van der Waals surface area contributed by atoms with Gasteiger partial charge in [0.1, 0.15) is 0 Å². The van der Waals surface area contributed by atoms with E-state index in [2.05, 4.69) is 27.2 Å². The lowest BCUT2D eigenvalue weighted by Crippen LogP contribution is -1.83. The van der Waals surface area contributed by atoms with Gasteiger partial charge in [0.25, 0.3) is 6.43 Å². The fourth-order valence-corrected chi connectivity index (χ4v) is 1.05. The van der Waals surface area contributed by atoms with Gasteiger partial charge in [0.2, 0.25) is 0 Å². The Morgan fingerprint density at radius 1 is 1.50 bits per heavy atom. The van der Waals surface area contributed by atoms with E-state index in [1.54, 1.807) is 0 Å². The standard InChI is InChI=1S/C9H4F2N2S/c1-12-8-3-2-6(13-5-14)4-7(8)9(10)11/h2-4,9H. The zero-order valence-electron chi connectivity index (χ0n) is 6.87. The molecule has 5 heteroatoms. The van der Waals surface area contributed by atoms with E-state index < -0.39 is 6.43 Å². The lowest BCUT2D eigenvalue weighted by atomic mass is 10.1. The number of aliphatic imine (C=N–C) groups is 1. The number of alkyl halides is 2. The van der Waals surface area contributed by atoms with Crippen molar-refractivity contribution in [2.24, 2.45) is 4.99 Å². The van der Waals surface area contributed by atoms with Gasteiger partial charge in [-0.15, -0.1) is 0 Å². The molecule has 0 saturated carbocycles. The number of halogens is 2. The molecule has 0 atom stereocenters. The molecule has 0 fully saturated rings. The van der Waals surface area contributed by atoms with Gasteiger partial charge in [-0.25, -0.2) is 13.6 Å². The normalized spacial score (nSPS) is 9.29. The third-order valence-corrected chi connectivity index (χ3v) is 1.63. The number of isothiocyanates is 1. The highest BCUT2D eigenvalue weighted by Crippen LogP contribution is 2.32. The van der Waals surface area contributed by atoms with Crippen molar-refractivity contribution < 1.29 is 8.78 Å². The van der Waals surface area contributed by atoms with Crippen molar-refractivity contribution >= 4 is 28.8 Å². The quantitative estimate of drug-likeness (QED) is 0.411. The zero-order chi connectivity index (χ0) is 10.6. The third-order valence-electron chi connectivity index (χ3n) is 1.54. The Morgan fingerprint density at radius 3 is 2.71 bits per heavy atom. The second-order valence-electron chi connectivity index (χ2n) is 2.36. The number of benzene rings is 1. The molecule has 0 saturated heterocycles. The van der Waals surface area contributed by atoms with Gasteiger partial charge in [-0.2, -0.15) is 4.99 Å². The Labute approximate surface area is 84.7 Å². The van der Waals surface area contributed by atoms with Gasteiger partial charge in [-0.05, 0) is 24.4 Å². The van der Waals surface area contributed by atoms with Gasteiger partial charge in [0.05, 0.1) is 17.4 Å². The second kappa shape index (κ2) is 4.56. The summed E-state index contributed by atoms with van der Waals surface area (Å²) in [7, 11) is 0. The van der Waals surface area contributed by atoms with Crippen LogP contribution in [0.25, 0.3) is 4.85 Å². The van der Waals surface area contributed by atoms with Crippen LogP contribution in [0.1, 0.15) is 12.0 Å². The molecule has 14 heavy (non-hydrogen) atoms. The van der Waals surface area contributed by atoms with Crippen LogP contribution in [0.2, 0.25) is 0 Å². The SMILES string of the molecule is [C-]#[N+]c1ccc(N=C=S)cc1C(F)F. The predicted octanol–water partition coefficient (Wildman–Crippen LogP) is 3.91. The number of hydrogen-bond acceptors (Lipinski definition) is 2. The molecule has 1 rings (SSSR count). The van der Waals surface area contributed by atoms with E-state index in [0.717, 1.165) is 6.07 Å². The van der Waals surface area contributed by atoms with Crippen molar-refractivity contribution in [1.82, 2.24) is 0 Å². The summed E-state index contributed by atoms with van der Waals surface area (Å²) in [5, 5.41) is 2.07. The van der Waals surface area contributed by atoms with Gasteiger partial charge in [0.15, 0.2) is 5.69 Å². The summed E-state index contributed by atoms with van der Waals surface area (Å²) in [5.74, 6) is 0. The van der Waals surface area contributed by atoms with E-state index in [0.29, 0.717) is 0 Å². The highest BCUT2D eigenvalue weighted by Gasteiger charge is 2.13. The number of hydrogen-bond donors (Lipinski definition) is 0. The van der Waals surface area contributed by atoms with E-state index in [9.17, 15) is 8.78 Å². The smallest absolute Gasteiger partial charge is 0.238 e. The van der Waals surface area contributed by atoms with Crippen LogP contribution < -0.4 is 0 Å². The molecular formula is C9H4F2N2S. The summed E-state index contributed by atoms with van der Waals surface area (Å²) in [4.78, 5) is 6.53. The van der Waals surface area contributed by atoms with Crippen LogP contribution in [0.15, 0.2) is 23.2 Å². The van der Waals surface area contributed by atoms with Gasteiger partial charge >= 0.3 is 0 Å². The Balaban J connectivity index is 3.29. The van der Waals surface area contributed by atoms with Crippen LogP contribution in [0.4, 0.5) is 20.2 Å². The molecule has 0 aliphatic carbocycles. The first kappa shape index (κ1) is 10.5. The van der Waals surface area contributed by atoms with E-state index in [4.69, 9.17) is 6.57 Å². The van der Waals surface area contributed by atoms with Crippen LogP contribution in [0.5, 0.6) is 0 Å². The molecule has 0 radical (unpaired) electrons. The third kappa shape index (κ3) is 2.19. The Hall–Kier alpha value is -1.63. The fraction of sp³-hybridized carbons (Fsp3) is 0.111. The van der Waals surface area contributed by atoms with Gasteiger partial charge < -0.3 is 0 Å². The van der Waals surface area contributed by atoms with Crippen molar-refractivity contribution in [3.8, 4) is 0 Å². The summed E-state index contributed by atoms with van der Waals surface area (Å²) in [6, 6.07) is 3.87. The molecule has 70 valence electrons. The minimum Gasteiger partial charge on any atom is -0.238 e. The van der Waals surface area contributed by atoms with Crippen molar-refractivity contribution in [3.05, 3.63) is 35.2 Å². The van der Waals surface area contributed by atoms with Crippen LogP contribution in [-0.2, 0) is 0 Å². The van der Waals surface area contributed by atoms with Crippen molar-refractivity contribution in [2.75, 3.05) is 0 Å². The number of thiocarbonyl (C=S) groups is 1. The van der Waals surface area contributed by atoms with Crippen LogP contribution in [-0.4, -0.2) is 5.16 Å². The molecule has 0 N–H and O–H groups in total. The minimum absolute atomic E-state index is 0.0664. The molecule has 0 heterocycles. The van der Waals surface area contributed by atoms with E-state index in [1.807, 2.05) is 0 Å². The zero-order valence-corrected chi connectivity index (χ0v) is 7.68. The maximum absolute atomic E-state index is 12.4. The average molecular weight is 210 g/mol. The highest BCUT2D eigenvalue weighted by atomic mass is 32.1. The molecule has 1 aromatic rings. The molecule has 0 bridgehead atoms. The van der Waals surface area contributed by atoms with Gasteiger partial charge in [-0.3, -0.25) is 0 Å². The molecule has 1 aromatic carbocycles. The summed E-state index contributed by atoms with van der Waals surface area (Å²) < 4.78 is 24.8. The lowest BCUT2D eigenvalue weighted by molar-refractivity contribution is 0.152. The number of rotatable bonds is 2. The topological polar surface area (TPSA) is 16.7 Å². The minimum atomic E-state index is -2.68. The maximum Gasteiger partial charge on any atom is 0.255 e. The molecular weight excluding hydrogens is 206 g/mol. The largest absolute Gasteiger partial charge is 0.255 e. The molecule has 0 aliphatic rings. The molecule has 0 unspecified atom stereocenters. The summed E-state index contributed by atoms with van der Waals surface area (Å²) in [5.41, 5.74) is -0.113. The predicted molar refractivity (Wildman–Crippen MR) is 52.3 cm³/mol. The molecule has 0 spiro atoms. The van der Waals surface area contributed by atoms with Crippen molar-refractivity contribution in [1.29, 1.82) is 0 Å². The average Bonchev–Trinajstić information content (AvgIpc) is 2.18. The molecule has 0 aliphatic heterocycles. The van der Waals surface area contributed by atoms with E-state index in [1.165, 1.54) is 12.1 Å². The first-order valence-corrected chi connectivity index (χ1v) is 3.97. The first-order chi connectivity index (χ1) is 6.69. The van der Waals surface area contributed by atoms with E-state index in [-0.39, 0.29) is 16.9 Å². The van der Waals surface area contributed by atoms with Gasteiger partial charge in [-0.1, -0.05) is 6.07 Å². The Morgan fingerprint density at radius 2 is 2.21 bits per heavy atom. The lowest BCUT2D eigenvalue weighted by Gasteiger charge is -2.02. The Bertz CT molecular complexity index is 431. The Kier molecular flexibility index (Phi) is 3.41. The summed E-state index contributed by atoms with van der Waals surface area (Å²) in [6.45, 7) is 6.68. The number of nitrogens with zero attached hydrogens (tertiary/aromatic N) is 2. The summed E-state index contributed by atoms with van der Waals surface area (Å²) >= 11 is 4.34. The first-order valence-electron chi connectivity index (χ1n) is 3.56. The van der Waals surface area contributed by atoms with Gasteiger partial charge in [0, 0.05) is 5.56 Å². The van der Waals surface area contributed by atoms with Crippen LogP contribution in [0.3, 0.4) is 0 Å². The summed E-state index contributed by atoms with van der Waals surface area (Å²) in [6.07, 6.45) is -2.68. The molecule has 0 amide bonds. The monoisotopic (exact) mass is 210 g/mol. The van der Waals surface area contributed by atoms with Crippen LogP contribution >= 0.6 is 12.2 Å². The highest BCUT2D eigenvalue weighted by molar-refractivity contribution is 7.78. The molecule has 0 aromatic heterocycles. The van der Waals surface area contributed by atoms with Crippen LogP contribution in [0, 0.1) is 6.57 Å². The maximum atomic E-state index is 12.4. The fourth-order valence-electron chi connectivity index (χ4n) is 0.941.